The highest BCUT2D eigenvalue weighted by molar-refractivity contribution is 5.93. The Labute approximate surface area is 102 Å². The fourth-order valence-corrected chi connectivity index (χ4v) is 1.63. The lowest BCUT2D eigenvalue weighted by atomic mass is 10.2. The average Bonchev–Trinajstić information content (AvgIpc) is 2.28. The van der Waals surface area contributed by atoms with Crippen molar-refractivity contribution in [3.8, 4) is 0 Å². The van der Waals surface area contributed by atoms with Gasteiger partial charge in [-0.3, -0.25) is 4.79 Å². The van der Waals surface area contributed by atoms with Gasteiger partial charge in [0.05, 0.1) is 14.1 Å². The summed E-state index contributed by atoms with van der Waals surface area (Å²) < 4.78 is 0.267. The van der Waals surface area contributed by atoms with Gasteiger partial charge in [-0.1, -0.05) is 25.1 Å². The van der Waals surface area contributed by atoms with E-state index in [1.165, 1.54) is 0 Å². The highest BCUT2D eigenvalue weighted by Crippen LogP contribution is 2.03. The Morgan fingerprint density at radius 1 is 1.35 bits per heavy atom. The van der Waals surface area contributed by atoms with Gasteiger partial charge < -0.3 is 5.11 Å². The monoisotopic (exact) mass is 237 g/mol. The van der Waals surface area contributed by atoms with E-state index in [4.69, 9.17) is 0 Å². The van der Waals surface area contributed by atoms with Gasteiger partial charge in [0, 0.05) is 5.56 Å². The number of hydrogen-bond donors (Lipinski definition) is 2. The fraction of sp³-hybridized carbons (Fsp3) is 0.462. The lowest BCUT2D eigenvalue weighted by Crippen LogP contribution is -2.57. The summed E-state index contributed by atoms with van der Waals surface area (Å²) in [6, 6.07) is 9.07. The number of carbonyl (C=O) groups is 1. The average molecular weight is 237 g/mol. The number of benzene rings is 1. The molecule has 1 unspecified atom stereocenters. The first-order chi connectivity index (χ1) is 7.94. The lowest BCUT2D eigenvalue weighted by molar-refractivity contribution is -0.927. The van der Waals surface area contributed by atoms with Crippen molar-refractivity contribution >= 4 is 5.91 Å². The summed E-state index contributed by atoms with van der Waals surface area (Å²) in [5.74, 6) is -0.126. The molecule has 1 aromatic rings. The van der Waals surface area contributed by atoms with Crippen LogP contribution in [0.25, 0.3) is 0 Å². The number of rotatable bonds is 5. The summed E-state index contributed by atoms with van der Waals surface area (Å²) in [5, 5.41) is 9.61. The molecule has 0 bridgehead atoms. The van der Waals surface area contributed by atoms with Crippen LogP contribution in [-0.2, 0) is 0 Å². The molecule has 17 heavy (non-hydrogen) atoms. The second-order valence-corrected chi connectivity index (χ2v) is 4.74. The molecule has 0 saturated heterocycles. The van der Waals surface area contributed by atoms with Gasteiger partial charge in [-0.05, 0) is 18.6 Å². The quantitative estimate of drug-likeness (QED) is 0.597. The molecule has 0 aliphatic carbocycles. The van der Waals surface area contributed by atoms with E-state index in [0.717, 1.165) is 0 Å². The van der Waals surface area contributed by atoms with Crippen molar-refractivity contribution in [2.24, 2.45) is 0 Å². The van der Waals surface area contributed by atoms with Crippen LogP contribution in [0.1, 0.15) is 23.7 Å². The van der Waals surface area contributed by atoms with Gasteiger partial charge in [0.15, 0.2) is 0 Å². The van der Waals surface area contributed by atoms with Crippen LogP contribution in [0.3, 0.4) is 0 Å². The van der Waals surface area contributed by atoms with E-state index in [1.807, 2.05) is 39.2 Å². The summed E-state index contributed by atoms with van der Waals surface area (Å²) in [6.07, 6.45) is 0.282. The number of nitrogens with zero attached hydrogens (tertiary/aromatic N) is 1. The number of quaternary nitrogens is 1. The van der Waals surface area contributed by atoms with Gasteiger partial charge in [0.2, 0.25) is 0 Å². The highest BCUT2D eigenvalue weighted by atomic mass is 16.3. The maximum atomic E-state index is 11.9. The van der Waals surface area contributed by atoms with E-state index in [9.17, 15) is 9.90 Å². The highest BCUT2D eigenvalue weighted by Gasteiger charge is 2.23. The third kappa shape index (κ3) is 4.54. The Morgan fingerprint density at radius 3 is 2.47 bits per heavy atom. The molecular weight excluding hydrogens is 216 g/mol. The summed E-state index contributed by atoms with van der Waals surface area (Å²) in [5.41, 5.74) is 3.51. The zero-order chi connectivity index (χ0) is 12.9. The number of amides is 1. The van der Waals surface area contributed by atoms with E-state index in [-0.39, 0.29) is 10.5 Å². The maximum Gasteiger partial charge on any atom is 0.295 e. The molecule has 0 aromatic heterocycles. The minimum absolute atomic E-state index is 0.126. The van der Waals surface area contributed by atoms with Crippen molar-refractivity contribution in [1.29, 1.82) is 0 Å². The topological polar surface area (TPSA) is 49.3 Å². The molecule has 1 amide bonds. The zero-order valence-corrected chi connectivity index (χ0v) is 10.7. The molecule has 4 heteroatoms. The largest absolute Gasteiger partial charge is 0.387 e. The standard InChI is InChI=1S/C13H20N2O2/c1-4-12(16)10-15(2,3)14-13(17)11-8-6-5-7-9-11/h5-9,12,16H,4,10H2,1-3H3/p+1. The number of hydrogen-bond acceptors (Lipinski definition) is 2. The second-order valence-electron chi connectivity index (χ2n) is 4.74. The first-order valence-corrected chi connectivity index (χ1v) is 5.83. The summed E-state index contributed by atoms with van der Waals surface area (Å²) in [7, 11) is 3.72. The molecule has 0 heterocycles. The van der Waals surface area contributed by atoms with E-state index in [0.29, 0.717) is 18.5 Å². The normalized spacial score (nSPS) is 13.2. The first-order valence-electron chi connectivity index (χ1n) is 5.83. The van der Waals surface area contributed by atoms with Gasteiger partial charge in [0.25, 0.3) is 5.91 Å². The van der Waals surface area contributed by atoms with Crippen molar-refractivity contribution < 1.29 is 14.5 Å². The van der Waals surface area contributed by atoms with Crippen molar-refractivity contribution in [2.45, 2.75) is 19.4 Å². The van der Waals surface area contributed by atoms with Crippen molar-refractivity contribution in [3.05, 3.63) is 35.9 Å². The Balaban J connectivity index is 2.62. The third-order valence-corrected chi connectivity index (χ3v) is 2.58. The molecule has 0 radical (unpaired) electrons. The van der Waals surface area contributed by atoms with Crippen molar-refractivity contribution in [2.75, 3.05) is 20.6 Å². The molecule has 2 N–H and O–H groups in total. The lowest BCUT2D eigenvalue weighted by Gasteiger charge is -2.30. The van der Waals surface area contributed by atoms with Gasteiger partial charge in [-0.2, -0.15) is 5.43 Å². The summed E-state index contributed by atoms with van der Waals surface area (Å²) >= 11 is 0. The van der Waals surface area contributed by atoms with Crippen molar-refractivity contribution in [1.82, 2.24) is 5.43 Å². The molecule has 0 aliphatic heterocycles. The maximum absolute atomic E-state index is 11.9. The Morgan fingerprint density at radius 2 is 1.94 bits per heavy atom. The third-order valence-electron chi connectivity index (χ3n) is 2.58. The van der Waals surface area contributed by atoms with Crippen LogP contribution >= 0.6 is 0 Å². The smallest absolute Gasteiger partial charge is 0.295 e. The van der Waals surface area contributed by atoms with Crippen LogP contribution in [0.4, 0.5) is 0 Å². The van der Waals surface area contributed by atoms with E-state index in [1.54, 1.807) is 12.1 Å². The van der Waals surface area contributed by atoms with Crippen LogP contribution in [0.5, 0.6) is 0 Å². The molecule has 0 saturated carbocycles. The predicted octanol–water partition coefficient (Wildman–Crippen LogP) is 1.18. The van der Waals surface area contributed by atoms with Crippen LogP contribution in [0, 0.1) is 0 Å². The summed E-state index contributed by atoms with van der Waals surface area (Å²) in [4.78, 5) is 11.9. The summed E-state index contributed by atoms with van der Waals surface area (Å²) in [6.45, 7) is 2.42. The van der Waals surface area contributed by atoms with E-state index in [2.05, 4.69) is 5.43 Å². The van der Waals surface area contributed by atoms with Gasteiger partial charge in [-0.15, -0.1) is 0 Å². The Bertz CT molecular complexity index is 363. The van der Waals surface area contributed by atoms with E-state index < -0.39 is 6.10 Å². The molecule has 0 fully saturated rings. The molecular formula is C13H21N2O2+. The van der Waals surface area contributed by atoms with Crippen LogP contribution < -0.4 is 5.43 Å². The van der Waals surface area contributed by atoms with Crippen LogP contribution in [0.15, 0.2) is 30.3 Å². The molecule has 4 nitrogen and oxygen atoms in total. The van der Waals surface area contributed by atoms with Crippen LogP contribution in [0.2, 0.25) is 0 Å². The Kier molecular flexibility index (Phi) is 4.66. The second kappa shape index (κ2) is 5.80. The van der Waals surface area contributed by atoms with Gasteiger partial charge in [-0.25, -0.2) is 4.59 Å². The number of nitrogens with one attached hydrogen (secondary N) is 1. The SMILES string of the molecule is CCC(O)C[N+](C)(C)NC(=O)c1ccccc1. The molecule has 94 valence electrons. The minimum Gasteiger partial charge on any atom is -0.387 e. The molecule has 1 aromatic carbocycles. The first kappa shape index (κ1) is 13.7. The number of likely N-dealkylation sites (N-methyl/N-ethyl adjacent to an activating group) is 1. The molecule has 0 spiro atoms. The Hall–Kier alpha value is -1.39. The molecule has 1 rings (SSSR count). The molecule has 0 aliphatic rings. The zero-order valence-electron chi connectivity index (χ0n) is 10.7. The fourth-order valence-electron chi connectivity index (χ4n) is 1.63. The minimum atomic E-state index is -0.402. The number of aliphatic hydroxyl groups is 1. The number of carbonyl (C=O) groups excluding carboxylic acids is 1. The number of aliphatic hydroxyl groups excluding tert-OH is 1. The van der Waals surface area contributed by atoms with E-state index >= 15 is 0 Å². The predicted molar refractivity (Wildman–Crippen MR) is 67.2 cm³/mol. The van der Waals surface area contributed by atoms with Gasteiger partial charge >= 0.3 is 0 Å². The van der Waals surface area contributed by atoms with Crippen molar-refractivity contribution in [3.63, 3.8) is 0 Å². The molecule has 1 atom stereocenters. The van der Waals surface area contributed by atoms with Crippen LogP contribution in [-0.4, -0.2) is 42.3 Å². The van der Waals surface area contributed by atoms with Gasteiger partial charge in [0.1, 0.15) is 12.6 Å².